The summed E-state index contributed by atoms with van der Waals surface area (Å²) in [6, 6.07) is 11.9. The van der Waals surface area contributed by atoms with Crippen LogP contribution in [0.4, 0.5) is 5.69 Å². The number of benzene rings is 5. The van der Waals surface area contributed by atoms with Gasteiger partial charge in [0.2, 0.25) is 0 Å². The zero-order valence-corrected chi connectivity index (χ0v) is 26.3. The Morgan fingerprint density at radius 1 is 0.652 bits per heavy atom. The van der Waals surface area contributed by atoms with E-state index in [-0.39, 0.29) is 35.1 Å². The van der Waals surface area contributed by atoms with Crippen LogP contribution in [0.3, 0.4) is 0 Å². The normalized spacial score (nSPS) is 15.8. The molecule has 2 atom stereocenters. The lowest BCUT2D eigenvalue weighted by Crippen LogP contribution is -2.47. The minimum Gasteiger partial charge on any atom is -0.271 e. The highest BCUT2D eigenvalue weighted by molar-refractivity contribution is 6.43. The molecule has 0 N–H and O–H groups in total. The molecule has 5 aromatic carbocycles. The fraction of sp³-hybridized carbons (Fsp3) is 0.316. The zero-order chi connectivity index (χ0) is 32.6. The molecular weight excluding hydrogens is 576 g/mol. The predicted molar refractivity (Wildman–Crippen MR) is 178 cm³/mol. The Hall–Kier alpha value is -5.34. The van der Waals surface area contributed by atoms with Gasteiger partial charge in [0.1, 0.15) is 0 Å². The molecule has 2 aliphatic heterocycles. The third-order valence-electron chi connectivity index (χ3n) is 10.0. The number of carbonyl (C=O) groups is 4. The first-order valence-electron chi connectivity index (χ1n) is 16.1. The van der Waals surface area contributed by atoms with Gasteiger partial charge < -0.3 is 0 Å². The maximum Gasteiger partial charge on any atom is 0.261 e. The molecule has 5 aromatic rings. The van der Waals surface area contributed by atoms with Crippen molar-refractivity contribution in [1.82, 2.24) is 9.80 Å². The molecule has 0 aliphatic carbocycles. The van der Waals surface area contributed by atoms with Gasteiger partial charge in [0.05, 0.1) is 23.8 Å². The highest BCUT2D eigenvalue weighted by Crippen LogP contribution is 2.50. The summed E-state index contributed by atoms with van der Waals surface area (Å²) in [6.45, 7) is 16.1. The first kappa shape index (κ1) is 29.4. The number of fused-ring (bicyclic) bond motifs is 2. The van der Waals surface area contributed by atoms with Gasteiger partial charge in [-0.2, -0.15) is 5.26 Å². The second-order valence-corrected chi connectivity index (χ2v) is 12.4. The van der Waals surface area contributed by atoms with Crippen LogP contribution in [-0.2, 0) is 0 Å². The quantitative estimate of drug-likeness (QED) is 0.0760. The molecule has 2 heterocycles. The first-order chi connectivity index (χ1) is 22.3. The van der Waals surface area contributed by atoms with Crippen LogP contribution in [0.1, 0.15) is 113 Å². The van der Waals surface area contributed by atoms with Crippen molar-refractivity contribution in [2.24, 2.45) is 0 Å². The summed E-state index contributed by atoms with van der Waals surface area (Å²) < 4.78 is 0. The summed E-state index contributed by atoms with van der Waals surface area (Å²) in [6.07, 6.45) is 4.21. The number of rotatable bonds is 8. The van der Waals surface area contributed by atoms with Crippen molar-refractivity contribution in [1.29, 1.82) is 5.26 Å². The maximum absolute atomic E-state index is 14.1. The molecule has 0 unspecified atom stereocenters. The Labute approximate surface area is 266 Å². The van der Waals surface area contributed by atoms with Crippen LogP contribution in [-0.4, -0.2) is 45.5 Å². The first-order valence-corrected chi connectivity index (χ1v) is 16.1. The van der Waals surface area contributed by atoms with E-state index in [1.54, 1.807) is 36.4 Å². The van der Waals surface area contributed by atoms with Crippen molar-refractivity contribution < 1.29 is 19.2 Å². The monoisotopic (exact) mass is 608 g/mol. The second kappa shape index (κ2) is 10.6. The van der Waals surface area contributed by atoms with Crippen molar-refractivity contribution >= 4 is 72.4 Å². The molecule has 0 aromatic heterocycles. The number of nitriles is 1. The summed E-state index contributed by atoms with van der Waals surface area (Å²) in [5.41, 5.74) is 1.85. The molecule has 0 fully saturated rings. The van der Waals surface area contributed by atoms with Gasteiger partial charge in [-0.15, -0.1) is 0 Å². The highest BCUT2D eigenvalue weighted by atomic mass is 16.2. The average molecular weight is 609 g/mol. The summed E-state index contributed by atoms with van der Waals surface area (Å²) in [5, 5.41) is 14.9. The SMILES string of the molecule is [C-]#[N+]c1cc2c3c(ccc4c5c(C#N)cc6c7c(ccc(c1c34)c75)C(=O)N([C@H](CC)CCC)C6=O)C(=O)N([C@H](CC)CCC)C2=O. The Morgan fingerprint density at radius 3 is 1.57 bits per heavy atom. The van der Waals surface area contributed by atoms with Gasteiger partial charge in [-0.3, -0.25) is 29.0 Å². The van der Waals surface area contributed by atoms with E-state index in [0.717, 1.165) is 12.8 Å². The molecule has 228 valence electrons. The fourth-order valence-electron chi connectivity index (χ4n) is 8.02. The third kappa shape index (κ3) is 3.64. The fourth-order valence-corrected chi connectivity index (χ4v) is 8.02. The van der Waals surface area contributed by atoms with Gasteiger partial charge in [-0.1, -0.05) is 52.7 Å². The Balaban J connectivity index is 1.63. The smallest absolute Gasteiger partial charge is 0.261 e. The molecule has 0 saturated heterocycles. The Bertz CT molecular complexity index is 2130. The largest absolute Gasteiger partial charge is 0.271 e. The van der Waals surface area contributed by atoms with Crippen molar-refractivity contribution in [3.63, 3.8) is 0 Å². The molecule has 46 heavy (non-hydrogen) atoms. The van der Waals surface area contributed by atoms with E-state index in [1.165, 1.54) is 9.80 Å². The summed E-state index contributed by atoms with van der Waals surface area (Å²) in [4.78, 5) is 62.8. The third-order valence-corrected chi connectivity index (χ3v) is 10.0. The summed E-state index contributed by atoms with van der Waals surface area (Å²) in [7, 11) is 0. The van der Waals surface area contributed by atoms with Gasteiger partial charge in [-0.25, -0.2) is 4.85 Å². The van der Waals surface area contributed by atoms with Crippen LogP contribution in [0.15, 0.2) is 36.4 Å². The van der Waals surface area contributed by atoms with Gasteiger partial charge in [0, 0.05) is 44.9 Å². The molecule has 2 aliphatic rings. The van der Waals surface area contributed by atoms with E-state index in [1.807, 2.05) is 27.7 Å². The van der Waals surface area contributed by atoms with Gasteiger partial charge in [0.25, 0.3) is 23.6 Å². The number of imide groups is 2. The maximum atomic E-state index is 14.1. The summed E-state index contributed by atoms with van der Waals surface area (Å²) in [5.74, 6) is -1.57. The number of amides is 4. The van der Waals surface area contributed by atoms with Gasteiger partial charge in [-0.05, 0) is 76.9 Å². The zero-order valence-electron chi connectivity index (χ0n) is 26.3. The standard InChI is InChI=1S/C38H32N4O4/c1-6-10-20(8-3)41-35(43)24-15-13-23-32-28(40-5)17-27-31-25(36(44)42(38(27)46)21(9-4)11-7-2)14-12-22(34(31)32)29-19(18-39)16-26(37(41)45)30(24)33(23)29/h12-17,20-21H,6-11H2,1-4H3/t20-,21-/m1/s1. The van der Waals surface area contributed by atoms with Crippen LogP contribution < -0.4 is 0 Å². The van der Waals surface area contributed by atoms with E-state index in [9.17, 15) is 24.4 Å². The van der Waals surface area contributed by atoms with E-state index in [2.05, 4.69) is 10.9 Å². The number of nitrogens with zero attached hydrogens (tertiary/aromatic N) is 4. The van der Waals surface area contributed by atoms with Crippen molar-refractivity contribution in [2.75, 3.05) is 0 Å². The molecule has 7 rings (SSSR count). The molecule has 0 saturated carbocycles. The predicted octanol–water partition coefficient (Wildman–Crippen LogP) is 8.51. The minimum absolute atomic E-state index is 0.237. The lowest BCUT2D eigenvalue weighted by atomic mass is 9.80. The minimum atomic E-state index is -0.423. The van der Waals surface area contributed by atoms with Crippen molar-refractivity contribution in [2.45, 2.75) is 78.3 Å². The highest BCUT2D eigenvalue weighted by Gasteiger charge is 2.41. The lowest BCUT2D eigenvalue weighted by molar-refractivity contribution is 0.0510. The van der Waals surface area contributed by atoms with E-state index >= 15 is 0 Å². The topological polar surface area (TPSA) is 103 Å². The molecule has 8 heteroatoms. The lowest BCUT2D eigenvalue weighted by Gasteiger charge is -2.35. The Morgan fingerprint density at radius 2 is 1.11 bits per heavy atom. The van der Waals surface area contributed by atoms with Crippen LogP contribution in [0.2, 0.25) is 0 Å². The van der Waals surface area contributed by atoms with Crippen molar-refractivity contribution in [3.05, 3.63) is 75.6 Å². The second-order valence-electron chi connectivity index (χ2n) is 12.4. The molecule has 0 bridgehead atoms. The molecule has 4 amide bonds. The van der Waals surface area contributed by atoms with Crippen LogP contribution >= 0.6 is 0 Å². The van der Waals surface area contributed by atoms with Gasteiger partial charge in [0.15, 0.2) is 5.69 Å². The number of carbonyl (C=O) groups excluding carboxylic acids is 4. The number of hydrogen-bond acceptors (Lipinski definition) is 5. The molecule has 8 nitrogen and oxygen atoms in total. The summed E-state index contributed by atoms with van der Waals surface area (Å²) >= 11 is 0. The van der Waals surface area contributed by atoms with E-state index < -0.39 is 11.8 Å². The van der Waals surface area contributed by atoms with Crippen LogP contribution in [0.25, 0.3) is 47.9 Å². The van der Waals surface area contributed by atoms with Crippen LogP contribution in [0.5, 0.6) is 0 Å². The average Bonchev–Trinajstić information content (AvgIpc) is 3.07. The number of hydrogen-bond donors (Lipinski definition) is 0. The van der Waals surface area contributed by atoms with Gasteiger partial charge >= 0.3 is 0 Å². The van der Waals surface area contributed by atoms with E-state index in [0.29, 0.717) is 91.0 Å². The molecule has 0 radical (unpaired) electrons. The van der Waals surface area contributed by atoms with Crippen LogP contribution in [0, 0.1) is 17.9 Å². The molecule has 0 spiro atoms. The molecular formula is C38H32N4O4. The Kier molecular flexibility index (Phi) is 6.79. The van der Waals surface area contributed by atoms with E-state index in [4.69, 9.17) is 6.57 Å². The van der Waals surface area contributed by atoms with Crippen molar-refractivity contribution in [3.8, 4) is 6.07 Å².